The molecule has 0 amide bonds. The quantitative estimate of drug-likeness (QED) is 0.108. The molecule has 3 aliphatic heterocycles. The van der Waals surface area contributed by atoms with Gasteiger partial charge in [0.15, 0.2) is 26.5 Å². The predicted molar refractivity (Wildman–Crippen MR) is 235 cm³/mol. The highest BCUT2D eigenvalue weighted by Crippen LogP contribution is 2.44. The summed E-state index contributed by atoms with van der Waals surface area (Å²) in [5.74, 6) is -0.324. The second-order valence-corrected chi connectivity index (χ2v) is 31.8. The Morgan fingerprint density at radius 1 is 0.877 bits per heavy atom. The van der Waals surface area contributed by atoms with E-state index in [9.17, 15) is 13.5 Å². The van der Waals surface area contributed by atoms with Crippen molar-refractivity contribution >= 4 is 26.5 Å². The van der Waals surface area contributed by atoms with Gasteiger partial charge in [0.05, 0.1) is 66.1 Å². The van der Waals surface area contributed by atoms with Crippen molar-refractivity contribution in [3.05, 3.63) is 54.6 Å². The average Bonchev–Trinajstić information content (AvgIpc) is 3.63. The summed E-state index contributed by atoms with van der Waals surface area (Å²) < 4.78 is 68.6. The summed E-state index contributed by atoms with van der Waals surface area (Å²) in [6, 6.07) is 8.68. The molecule has 0 aliphatic carbocycles. The Balaban J connectivity index is 1.59. The lowest BCUT2D eigenvalue weighted by molar-refractivity contribution is -0.0782. The van der Waals surface area contributed by atoms with E-state index in [1.54, 1.807) is 31.4 Å². The molecular weight excluding hydrogens is 773 g/mol. The highest BCUT2D eigenvalue weighted by atomic mass is 32.2. The molecular formula is C45H78O9SSi2. The second kappa shape index (κ2) is 19.7. The molecule has 57 heavy (non-hydrogen) atoms. The van der Waals surface area contributed by atoms with Gasteiger partial charge in [-0.05, 0) is 104 Å². The molecule has 3 fully saturated rings. The van der Waals surface area contributed by atoms with Gasteiger partial charge in [0.2, 0.25) is 0 Å². The molecule has 0 saturated carbocycles. The first kappa shape index (κ1) is 48.5. The van der Waals surface area contributed by atoms with Crippen LogP contribution in [0.4, 0.5) is 0 Å². The summed E-state index contributed by atoms with van der Waals surface area (Å²) in [5.41, 5.74) is 2.14. The molecule has 12 heteroatoms. The molecule has 0 aromatic heterocycles. The van der Waals surface area contributed by atoms with Crippen molar-refractivity contribution in [2.75, 3.05) is 26.1 Å². The van der Waals surface area contributed by atoms with Gasteiger partial charge in [0, 0.05) is 32.5 Å². The lowest BCUT2D eigenvalue weighted by Crippen LogP contribution is -2.49. The summed E-state index contributed by atoms with van der Waals surface area (Å²) in [4.78, 5) is 0.297. The van der Waals surface area contributed by atoms with E-state index in [0.717, 1.165) is 49.7 Å². The Labute approximate surface area is 348 Å². The van der Waals surface area contributed by atoms with Gasteiger partial charge in [-0.2, -0.15) is 0 Å². The summed E-state index contributed by atoms with van der Waals surface area (Å²) in [6.45, 7) is 34.2. The predicted octanol–water partition coefficient (Wildman–Crippen LogP) is 9.67. The SMILES string of the molecule is C=C1C[C@H](CCCO)OC1CC[C@H]1C[C@@H](C)C(=C)C(C[C@@H]2O[C@H](C[C@@H](CO[Si](C)(C)C(C)(C)C)O[Si](C)(C)C(C)(C)C)[C@H](OC)C2CS(=O)(=O)c2ccccc2)O1. The number of rotatable bonds is 19. The van der Waals surface area contributed by atoms with Crippen LogP contribution >= 0.6 is 0 Å². The summed E-state index contributed by atoms with van der Waals surface area (Å²) in [7, 11) is -6.35. The lowest BCUT2D eigenvalue weighted by Gasteiger charge is -2.42. The Morgan fingerprint density at radius 2 is 1.51 bits per heavy atom. The largest absolute Gasteiger partial charge is 0.414 e. The van der Waals surface area contributed by atoms with Gasteiger partial charge in [0.25, 0.3) is 0 Å². The number of aliphatic hydroxyl groups excluding tert-OH is 1. The van der Waals surface area contributed by atoms with E-state index < -0.39 is 50.7 Å². The van der Waals surface area contributed by atoms with Crippen molar-refractivity contribution in [2.45, 2.75) is 190 Å². The first-order chi connectivity index (χ1) is 26.4. The molecule has 326 valence electrons. The molecule has 3 heterocycles. The molecule has 3 unspecified atom stereocenters. The summed E-state index contributed by atoms with van der Waals surface area (Å²) >= 11 is 0. The fraction of sp³-hybridized carbons (Fsp3) is 0.778. The van der Waals surface area contributed by atoms with Gasteiger partial charge in [-0.1, -0.05) is 79.8 Å². The first-order valence-electron chi connectivity index (χ1n) is 21.4. The molecule has 9 nitrogen and oxygen atoms in total. The van der Waals surface area contributed by atoms with Crippen LogP contribution in [-0.4, -0.2) is 105 Å². The van der Waals surface area contributed by atoms with Gasteiger partial charge in [0.1, 0.15) is 0 Å². The van der Waals surface area contributed by atoms with Crippen LogP contribution in [0.2, 0.25) is 36.3 Å². The van der Waals surface area contributed by atoms with E-state index in [0.29, 0.717) is 24.3 Å². The minimum absolute atomic E-state index is 0.000157. The van der Waals surface area contributed by atoms with E-state index in [4.69, 9.17) is 27.8 Å². The fourth-order valence-corrected chi connectivity index (χ4v) is 12.1. The Morgan fingerprint density at radius 3 is 2.11 bits per heavy atom. The van der Waals surface area contributed by atoms with Crippen molar-refractivity contribution < 1.29 is 41.3 Å². The maximum Gasteiger partial charge on any atom is 0.192 e. The number of benzene rings is 1. The molecule has 1 N–H and O–H groups in total. The monoisotopic (exact) mass is 850 g/mol. The van der Waals surface area contributed by atoms with Crippen LogP contribution in [0.1, 0.15) is 99.8 Å². The van der Waals surface area contributed by atoms with Crippen LogP contribution in [0.25, 0.3) is 0 Å². The van der Waals surface area contributed by atoms with Crippen LogP contribution in [0.5, 0.6) is 0 Å². The summed E-state index contributed by atoms with van der Waals surface area (Å²) in [5, 5.41) is 9.32. The first-order valence-corrected chi connectivity index (χ1v) is 28.9. The maximum absolute atomic E-state index is 14.1. The molecule has 10 atom stereocenters. The minimum atomic E-state index is -3.68. The zero-order valence-corrected chi connectivity index (χ0v) is 40.3. The number of ether oxygens (including phenoxy) is 4. The molecule has 0 bridgehead atoms. The molecule has 0 spiro atoms. The third kappa shape index (κ3) is 12.7. The van der Waals surface area contributed by atoms with Crippen molar-refractivity contribution in [3.8, 4) is 0 Å². The number of methoxy groups -OCH3 is 1. The molecule has 3 aliphatic rings. The van der Waals surface area contributed by atoms with E-state index in [-0.39, 0.29) is 58.9 Å². The fourth-order valence-electron chi connectivity index (χ4n) is 8.08. The number of sulfone groups is 1. The third-order valence-corrected chi connectivity index (χ3v) is 24.7. The number of aliphatic hydroxyl groups is 1. The van der Waals surface area contributed by atoms with Crippen LogP contribution in [0.15, 0.2) is 59.5 Å². The standard InChI is InChI=1S/C45H78O9SSi2/c1-31-25-35(22-23-39-32(2)26-34(51-39)19-18-24-46)52-40(33(31)3)28-41-38(30-55(47,48)37-20-16-15-17-21-37)43(49-10)42(53-41)27-36(54-57(13,14)45(7,8)9)29-50-56(11,12)44(4,5)6/h15-17,20-21,31,34-36,38-43,46H,2-3,18-19,22-30H2,1,4-14H3/t31-,34+,35+,36+,38?,39?,40?,41+,42-,43-/m1/s1. The molecule has 1 aromatic carbocycles. The lowest BCUT2D eigenvalue weighted by atomic mass is 9.83. The second-order valence-electron chi connectivity index (χ2n) is 20.2. The van der Waals surface area contributed by atoms with Crippen LogP contribution in [0.3, 0.4) is 0 Å². The number of hydrogen-bond donors (Lipinski definition) is 1. The topological polar surface area (TPSA) is 110 Å². The van der Waals surface area contributed by atoms with Crippen molar-refractivity contribution in [3.63, 3.8) is 0 Å². The smallest absolute Gasteiger partial charge is 0.192 e. The van der Waals surface area contributed by atoms with Crippen molar-refractivity contribution in [2.24, 2.45) is 11.8 Å². The van der Waals surface area contributed by atoms with E-state index >= 15 is 0 Å². The molecule has 3 saturated heterocycles. The van der Waals surface area contributed by atoms with Gasteiger partial charge in [-0.3, -0.25) is 0 Å². The Bertz CT molecular complexity index is 1570. The van der Waals surface area contributed by atoms with Gasteiger partial charge >= 0.3 is 0 Å². The normalized spacial score (nSPS) is 29.9. The zero-order chi connectivity index (χ0) is 42.6. The third-order valence-electron chi connectivity index (χ3n) is 13.8. The Hall–Kier alpha value is -1.20. The van der Waals surface area contributed by atoms with E-state index in [2.05, 4.69) is 87.8 Å². The molecule has 0 radical (unpaired) electrons. The minimum Gasteiger partial charge on any atom is -0.414 e. The molecule has 1 aromatic rings. The van der Waals surface area contributed by atoms with Crippen molar-refractivity contribution in [1.29, 1.82) is 0 Å². The van der Waals surface area contributed by atoms with E-state index in [1.807, 2.05) is 6.07 Å². The molecule has 4 rings (SSSR count). The maximum atomic E-state index is 14.1. The highest BCUT2D eigenvalue weighted by Gasteiger charge is 2.50. The van der Waals surface area contributed by atoms with Crippen molar-refractivity contribution in [1.82, 2.24) is 0 Å². The van der Waals surface area contributed by atoms with Crippen LogP contribution < -0.4 is 0 Å². The van der Waals surface area contributed by atoms with Gasteiger partial charge in [-0.25, -0.2) is 8.42 Å². The number of hydrogen-bond acceptors (Lipinski definition) is 9. The average molecular weight is 851 g/mol. The Kier molecular flexibility index (Phi) is 16.7. The highest BCUT2D eigenvalue weighted by molar-refractivity contribution is 7.91. The van der Waals surface area contributed by atoms with E-state index in [1.165, 1.54) is 0 Å². The van der Waals surface area contributed by atoms with Crippen LogP contribution in [0, 0.1) is 11.8 Å². The van der Waals surface area contributed by atoms with Crippen LogP contribution in [-0.2, 0) is 37.6 Å². The van der Waals surface area contributed by atoms with Gasteiger partial charge in [-0.15, -0.1) is 0 Å². The van der Waals surface area contributed by atoms with Gasteiger partial charge < -0.3 is 32.9 Å². The summed E-state index contributed by atoms with van der Waals surface area (Å²) in [6.07, 6.45) is 4.12. The zero-order valence-electron chi connectivity index (χ0n) is 37.5.